The third-order valence-corrected chi connectivity index (χ3v) is 8.39. The van der Waals surface area contributed by atoms with Crippen LogP contribution in [0.15, 0.2) is 60.8 Å². The molecule has 2 fully saturated rings. The van der Waals surface area contributed by atoms with Crippen molar-refractivity contribution in [3.05, 3.63) is 89.1 Å². The van der Waals surface area contributed by atoms with E-state index in [2.05, 4.69) is 10.3 Å². The fourth-order valence-corrected chi connectivity index (χ4v) is 6.37. The van der Waals surface area contributed by atoms with Crippen LogP contribution in [0.1, 0.15) is 48.8 Å². The molecule has 220 valence electrons. The Balaban J connectivity index is 1.52. The Hall–Kier alpha value is -4.79. The lowest BCUT2D eigenvalue weighted by Gasteiger charge is -2.45. The van der Waals surface area contributed by atoms with Gasteiger partial charge in [-0.25, -0.2) is 22.5 Å². The van der Waals surface area contributed by atoms with Crippen LogP contribution in [0.3, 0.4) is 0 Å². The number of hydrogen-bond donors (Lipinski definition) is 1. The Morgan fingerprint density at radius 2 is 1.84 bits per heavy atom. The molecular formula is C31H25F4N5O3. The van der Waals surface area contributed by atoms with Crippen molar-refractivity contribution in [2.45, 2.75) is 62.1 Å². The molecule has 0 unspecified atom stereocenters. The molecule has 3 aliphatic rings. The first-order chi connectivity index (χ1) is 20.5. The summed E-state index contributed by atoms with van der Waals surface area (Å²) in [6, 6.07) is 11.8. The smallest absolute Gasteiger partial charge is 0.252 e. The number of benzene rings is 2. The van der Waals surface area contributed by atoms with Gasteiger partial charge in [0.1, 0.15) is 23.5 Å². The predicted molar refractivity (Wildman–Crippen MR) is 146 cm³/mol. The maximum absolute atomic E-state index is 15.6. The zero-order valence-electron chi connectivity index (χ0n) is 22.7. The van der Waals surface area contributed by atoms with Crippen LogP contribution in [0.2, 0.25) is 0 Å². The summed E-state index contributed by atoms with van der Waals surface area (Å²) in [4.78, 5) is 48.3. The number of amides is 3. The molecule has 1 saturated heterocycles. The van der Waals surface area contributed by atoms with Gasteiger partial charge in [0.05, 0.1) is 17.3 Å². The van der Waals surface area contributed by atoms with E-state index in [0.29, 0.717) is 11.1 Å². The maximum Gasteiger partial charge on any atom is 0.252 e. The lowest BCUT2D eigenvalue weighted by atomic mass is 9.83. The second-order valence-corrected chi connectivity index (χ2v) is 11.1. The van der Waals surface area contributed by atoms with E-state index < -0.39 is 71.4 Å². The quantitative estimate of drug-likeness (QED) is 0.425. The van der Waals surface area contributed by atoms with Crippen LogP contribution in [-0.4, -0.2) is 40.7 Å². The van der Waals surface area contributed by atoms with Crippen molar-refractivity contribution in [3.8, 4) is 6.07 Å². The van der Waals surface area contributed by atoms with Gasteiger partial charge in [-0.1, -0.05) is 24.3 Å². The van der Waals surface area contributed by atoms with Crippen molar-refractivity contribution in [2.75, 3.05) is 9.80 Å². The molecule has 2 aromatic carbocycles. The summed E-state index contributed by atoms with van der Waals surface area (Å²) in [5.41, 5.74) is -1.28. The van der Waals surface area contributed by atoms with Gasteiger partial charge in [0.2, 0.25) is 5.91 Å². The molecule has 1 aliphatic heterocycles. The summed E-state index contributed by atoms with van der Waals surface area (Å²) >= 11 is 0. The maximum atomic E-state index is 15.6. The molecule has 12 heteroatoms. The highest BCUT2D eigenvalue weighted by molar-refractivity contribution is 6.12. The fraction of sp³-hybridized carbons (Fsp3) is 0.323. The number of carbonyl (C=O) groups excluding carboxylic acids is 3. The molecule has 8 nitrogen and oxygen atoms in total. The topological polar surface area (TPSA) is 106 Å². The molecule has 0 spiro atoms. The fourth-order valence-electron chi connectivity index (χ4n) is 6.37. The largest absolute Gasteiger partial charge is 0.351 e. The normalized spacial score (nSPS) is 22.4. The predicted octanol–water partition coefficient (Wildman–Crippen LogP) is 4.52. The number of pyridine rings is 1. The van der Waals surface area contributed by atoms with Gasteiger partial charge in [-0.15, -0.1) is 0 Å². The number of alkyl halides is 2. The zero-order valence-corrected chi connectivity index (χ0v) is 22.7. The molecule has 1 aromatic heterocycles. The van der Waals surface area contributed by atoms with Crippen molar-refractivity contribution < 1.29 is 31.9 Å². The average Bonchev–Trinajstić information content (AvgIpc) is 3.55. The van der Waals surface area contributed by atoms with E-state index >= 15 is 4.39 Å². The molecular weight excluding hydrogens is 566 g/mol. The number of nitrogens with one attached hydrogen (secondary N) is 1. The molecule has 2 atom stereocenters. The summed E-state index contributed by atoms with van der Waals surface area (Å²) in [6.45, 7) is 0. The van der Waals surface area contributed by atoms with Gasteiger partial charge in [0.15, 0.2) is 5.54 Å². The Kier molecular flexibility index (Phi) is 6.91. The molecule has 2 heterocycles. The number of aromatic nitrogens is 1. The number of rotatable bonds is 6. The van der Waals surface area contributed by atoms with Crippen LogP contribution in [-0.2, 0) is 26.3 Å². The number of nitriles is 1. The first-order valence-electron chi connectivity index (χ1n) is 13.8. The minimum atomic E-state index is -2.95. The molecule has 3 aromatic rings. The first kappa shape index (κ1) is 28.3. The number of fused-ring (bicyclic) bond motifs is 1. The monoisotopic (exact) mass is 591 g/mol. The number of halogens is 4. The Morgan fingerprint density at radius 1 is 1.07 bits per heavy atom. The van der Waals surface area contributed by atoms with E-state index in [1.807, 2.05) is 6.07 Å². The third-order valence-electron chi connectivity index (χ3n) is 8.39. The van der Waals surface area contributed by atoms with Gasteiger partial charge in [-0.3, -0.25) is 24.2 Å². The minimum Gasteiger partial charge on any atom is -0.351 e. The average molecular weight is 592 g/mol. The summed E-state index contributed by atoms with van der Waals surface area (Å²) in [5, 5.41) is 12.0. The molecule has 0 bridgehead atoms. The first-order valence-corrected chi connectivity index (χ1v) is 13.8. The molecule has 1 saturated carbocycles. The minimum absolute atomic E-state index is 0.0154. The van der Waals surface area contributed by atoms with Crippen molar-refractivity contribution in [3.63, 3.8) is 0 Å². The lowest BCUT2D eigenvalue weighted by Crippen LogP contribution is -2.64. The Morgan fingerprint density at radius 3 is 2.58 bits per heavy atom. The van der Waals surface area contributed by atoms with Crippen LogP contribution in [0.25, 0.3) is 0 Å². The van der Waals surface area contributed by atoms with Crippen molar-refractivity contribution in [2.24, 2.45) is 0 Å². The Labute approximate surface area is 243 Å². The number of anilines is 2. The van der Waals surface area contributed by atoms with E-state index in [4.69, 9.17) is 0 Å². The summed E-state index contributed by atoms with van der Waals surface area (Å²) in [5.74, 6) is -6.98. The molecule has 0 radical (unpaired) electrons. The van der Waals surface area contributed by atoms with Gasteiger partial charge in [0.25, 0.3) is 17.7 Å². The number of carbonyl (C=O) groups is 3. The van der Waals surface area contributed by atoms with Crippen molar-refractivity contribution in [1.29, 1.82) is 5.26 Å². The van der Waals surface area contributed by atoms with E-state index in [1.165, 1.54) is 18.3 Å². The highest BCUT2D eigenvalue weighted by Gasteiger charge is 2.57. The molecule has 3 amide bonds. The summed E-state index contributed by atoms with van der Waals surface area (Å²) in [6.07, 6.45) is 0.242. The number of aryl methyl sites for hydroxylation is 1. The van der Waals surface area contributed by atoms with Crippen LogP contribution in [0.5, 0.6) is 0 Å². The molecule has 6 rings (SSSR count). The van der Waals surface area contributed by atoms with Crippen LogP contribution in [0, 0.1) is 23.0 Å². The van der Waals surface area contributed by atoms with Crippen LogP contribution < -0.4 is 15.1 Å². The standard InChI is InChI=1S/C31H25F4N5O3/c32-20-5-6-23(33)25(14-20)40(28(42)24-7-8-27(41)39(24)26-13-18(17-36)10-12-37-26)31(11-9-19-3-1-2-4-22(19)31)29(43)38-21-15-30(34,35)16-21/h1-6,10,12-14,21,24H,7-9,11,15-16H2,(H,38,43)/t24-,31+/m0/s1. The highest BCUT2D eigenvalue weighted by atomic mass is 19.3. The summed E-state index contributed by atoms with van der Waals surface area (Å²) in [7, 11) is 0. The second-order valence-electron chi connectivity index (χ2n) is 11.1. The van der Waals surface area contributed by atoms with E-state index in [0.717, 1.165) is 28.0 Å². The van der Waals surface area contributed by atoms with Crippen LogP contribution >= 0.6 is 0 Å². The number of nitrogens with zero attached hydrogens (tertiary/aromatic N) is 4. The van der Waals surface area contributed by atoms with E-state index in [9.17, 15) is 32.8 Å². The van der Waals surface area contributed by atoms with Gasteiger partial charge >= 0.3 is 0 Å². The van der Waals surface area contributed by atoms with Gasteiger partial charge in [0, 0.05) is 37.6 Å². The molecule has 2 aliphatic carbocycles. The number of hydrogen-bond acceptors (Lipinski definition) is 5. The SMILES string of the molecule is N#Cc1ccnc(N2C(=O)CC[C@H]2C(=O)N(c2cc(F)ccc2F)[C@]2(C(=O)NC3CC(F)(F)C3)CCc3ccccc32)c1. The van der Waals surface area contributed by atoms with E-state index in [1.54, 1.807) is 24.3 Å². The molecule has 43 heavy (non-hydrogen) atoms. The second kappa shape index (κ2) is 10.5. The lowest BCUT2D eigenvalue weighted by molar-refractivity contribution is -0.137. The van der Waals surface area contributed by atoms with Gasteiger partial charge in [-0.2, -0.15) is 5.26 Å². The zero-order chi connectivity index (χ0) is 30.5. The Bertz CT molecular complexity index is 1680. The highest BCUT2D eigenvalue weighted by Crippen LogP contribution is 2.47. The van der Waals surface area contributed by atoms with Gasteiger partial charge in [-0.05, 0) is 54.7 Å². The van der Waals surface area contributed by atoms with Crippen molar-refractivity contribution >= 4 is 29.2 Å². The van der Waals surface area contributed by atoms with Gasteiger partial charge < -0.3 is 5.32 Å². The van der Waals surface area contributed by atoms with Crippen LogP contribution in [0.4, 0.5) is 29.1 Å². The van der Waals surface area contributed by atoms with Crippen molar-refractivity contribution in [1.82, 2.24) is 10.3 Å². The molecule has 1 N–H and O–H groups in total. The third kappa shape index (κ3) is 4.78. The van der Waals surface area contributed by atoms with E-state index in [-0.39, 0.29) is 37.1 Å². The summed E-state index contributed by atoms with van der Waals surface area (Å²) < 4.78 is 57.8.